The van der Waals surface area contributed by atoms with Crippen molar-refractivity contribution >= 4 is 17.3 Å². The number of furan rings is 1. The molecule has 1 aromatic heterocycles. The maximum Gasteiger partial charge on any atom is 0.142 e. The summed E-state index contributed by atoms with van der Waals surface area (Å²) in [4.78, 5) is 0. The van der Waals surface area contributed by atoms with Crippen LogP contribution in [0, 0.1) is 0 Å². The molecule has 19 heavy (non-hydrogen) atoms. The molecule has 0 amide bonds. The molecule has 0 spiro atoms. The predicted octanol–water partition coefficient (Wildman–Crippen LogP) is 4.51. The molecule has 1 aromatic carbocycles. The molecule has 2 rings (SSSR count). The lowest BCUT2D eigenvalue weighted by atomic mass is 10.3. The largest absolute Gasteiger partial charge is 0.492 e. The third kappa shape index (κ3) is 3.67. The van der Waals surface area contributed by atoms with Gasteiger partial charge >= 0.3 is 0 Å². The van der Waals surface area contributed by atoms with E-state index in [1.54, 1.807) is 0 Å². The van der Waals surface area contributed by atoms with E-state index in [1.807, 2.05) is 37.3 Å². The normalized spacial score (nSPS) is 10.5. The van der Waals surface area contributed by atoms with Crippen molar-refractivity contribution in [2.45, 2.75) is 26.8 Å². The zero-order chi connectivity index (χ0) is 13.7. The molecule has 0 atom stereocenters. The van der Waals surface area contributed by atoms with Crippen molar-refractivity contribution in [3.63, 3.8) is 0 Å². The number of aryl methyl sites for hydroxylation is 1. The smallest absolute Gasteiger partial charge is 0.142 e. The van der Waals surface area contributed by atoms with Gasteiger partial charge in [0.1, 0.15) is 17.3 Å². The van der Waals surface area contributed by atoms with Crippen molar-refractivity contribution in [3.05, 3.63) is 46.9 Å². The molecule has 0 saturated carbocycles. The molecule has 102 valence electrons. The fourth-order valence-electron chi connectivity index (χ4n) is 1.81. The van der Waals surface area contributed by atoms with Crippen LogP contribution in [0.2, 0.25) is 5.02 Å². The van der Waals surface area contributed by atoms with E-state index in [2.05, 4.69) is 12.2 Å². The molecular formula is C15H18ClNO2. The van der Waals surface area contributed by atoms with Crippen molar-refractivity contribution in [1.29, 1.82) is 0 Å². The molecule has 0 aliphatic carbocycles. The second-order valence-corrected chi connectivity index (χ2v) is 4.59. The summed E-state index contributed by atoms with van der Waals surface area (Å²) in [6, 6.07) is 9.53. The number of nitrogens with one attached hydrogen (secondary N) is 1. The van der Waals surface area contributed by atoms with Crippen LogP contribution in [0.3, 0.4) is 0 Å². The lowest BCUT2D eigenvalue weighted by Gasteiger charge is -2.11. The van der Waals surface area contributed by atoms with Crippen LogP contribution in [0.4, 0.5) is 5.69 Å². The zero-order valence-electron chi connectivity index (χ0n) is 11.2. The highest BCUT2D eigenvalue weighted by Gasteiger charge is 2.06. The molecule has 2 aromatic rings. The third-order valence-corrected chi connectivity index (χ3v) is 3.00. The van der Waals surface area contributed by atoms with Crippen molar-refractivity contribution in [2.75, 3.05) is 11.9 Å². The van der Waals surface area contributed by atoms with Gasteiger partial charge in [-0.15, -0.1) is 0 Å². The van der Waals surface area contributed by atoms with Crippen molar-refractivity contribution in [1.82, 2.24) is 0 Å². The quantitative estimate of drug-likeness (QED) is 0.845. The SMILES string of the molecule is CCOc1ccc(Cl)cc1NCc1ccc(CC)o1. The number of rotatable bonds is 6. The topological polar surface area (TPSA) is 34.4 Å². The van der Waals surface area contributed by atoms with Gasteiger partial charge in [-0.05, 0) is 37.3 Å². The van der Waals surface area contributed by atoms with Gasteiger partial charge in [0, 0.05) is 11.4 Å². The van der Waals surface area contributed by atoms with Gasteiger partial charge in [-0.3, -0.25) is 0 Å². The lowest BCUT2D eigenvalue weighted by Crippen LogP contribution is -2.02. The van der Waals surface area contributed by atoms with Crippen LogP contribution in [-0.2, 0) is 13.0 Å². The summed E-state index contributed by atoms with van der Waals surface area (Å²) in [5.74, 6) is 2.70. The molecule has 0 aliphatic heterocycles. The summed E-state index contributed by atoms with van der Waals surface area (Å²) in [5, 5.41) is 3.97. The standard InChI is InChI=1S/C15H18ClNO2/c1-3-12-6-7-13(19-12)10-17-14-9-11(16)5-8-15(14)18-4-2/h5-9,17H,3-4,10H2,1-2H3. The third-order valence-electron chi connectivity index (χ3n) is 2.76. The molecule has 1 N–H and O–H groups in total. The van der Waals surface area contributed by atoms with E-state index in [0.717, 1.165) is 29.4 Å². The van der Waals surface area contributed by atoms with Crippen LogP contribution in [-0.4, -0.2) is 6.61 Å². The number of anilines is 1. The second kappa shape index (κ2) is 6.53. The highest BCUT2D eigenvalue weighted by atomic mass is 35.5. The minimum absolute atomic E-state index is 0.612. The molecular weight excluding hydrogens is 262 g/mol. The molecule has 0 radical (unpaired) electrons. The molecule has 0 fully saturated rings. The van der Waals surface area contributed by atoms with Gasteiger partial charge in [0.05, 0.1) is 18.8 Å². The van der Waals surface area contributed by atoms with Gasteiger partial charge in [-0.25, -0.2) is 0 Å². The van der Waals surface area contributed by atoms with E-state index in [-0.39, 0.29) is 0 Å². The Morgan fingerprint density at radius 2 is 1.95 bits per heavy atom. The summed E-state index contributed by atoms with van der Waals surface area (Å²) < 4.78 is 11.2. The Kier molecular flexibility index (Phi) is 4.74. The summed E-state index contributed by atoms with van der Waals surface area (Å²) in [7, 11) is 0. The fraction of sp³-hybridized carbons (Fsp3) is 0.333. The van der Waals surface area contributed by atoms with Crippen LogP contribution >= 0.6 is 11.6 Å². The molecule has 0 saturated heterocycles. The summed E-state index contributed by atoms with van der Waals surface area (Å²) >= 11 is 6.01. The van der Waals surface area contributed by atoms with Gasteiger partial charge in [-0.2, -0.15) is 0 Å². The van der Waals surface area contributed by atoms with E-state index >= 15 is 0 Å². The monoisotopic (exact) mass is 279 g/mol. The Labute approximate surface area is 118 Å². The van der Waals surface area contributed by atoms with Crippen LogP contribution < -0.4 is 10.1 Å². The molecule has 4 heteroatoms. The Morgan fingerprint density at radius 3 is 2.63 bits per heavy atom. The number of hydrogen-bond donors (Lipinski definition) is 1. The van der Waals surface area contributed by atoms with Gasteiger partial charge in [0.2, 0.25) is 0 Å². The van der Waals surface area contributed by atoms with E-state index in [1.165, 1.54) is 0 Å². The van der Waals surface area contributed by atoms with E-state index < -0.39 is 0 Å². The van der Waals surface area contributed by atoms with Crippen molar-refractivity contribution in [3.8, 4) is 5.75 Å². The average molecular weight is 280 g/mol. The van der Waals surface area contributed by atoms with Crippen molar-refractivity contribution < 1.29 is 9.15 Å². The lowest BCUT2D eigenvalue weighted by molar-refractivity contribution is 0.341. The Bertz CT molecular complexity index is 537. The van der Waals surface area contributed by atoms with Gasteiger partial charge in [0.25, 0.3) is 0 Å². The van der Waals surface area contributed by atoms with Crippen molar-refractivity contribution in [2.24, 2.45) is 0 Å². The average Bonchev–Trinajstić information content (AvgIpc) is 2.87. The van der Waals surface area contributed by atoms with E-state index in [4.69, 9.17) is 20.8 Å². The van der Waals surface area contributed by atoms with Gasteiger partial charge in [-0.1, -0.05) is 18.5 Å². The number of ether oxygens (including phenoxy) is 1. The van der Waals surface area contributed by atoms with E-state index in [9.17, 15) is 0 Å². The summed E-state index contributed by atoms with van der Waals surface area (Å²) in [6.45, 7) is 5.26. The molecule has 0 bridgehead atoms. The van der Waals surface area contributed by atoms with Crippen LogP contribution in [0.15, 0.2) is 34.7 Å². The molecule has 0 unspecified atom stereocenters. The minimum atomic E-state index is 0.612. The summed E-state index contributed by atoms with van der Waals surface area (Å²) in [5.41, 5.74) is 0.879. The first-order valence-corrected chi connectivity index (χ1v) is 6.84. The molecule has 3 nitrogen and oxygen atoms in total. The van der Waals surface area contributed by atoms with Crippen LogP contribution in [0.5, 0.6) is 5.75 Å². The maximum absolute atomic E-state index is 6.01. The first-order valence-electron chi connectivity index (χ1n) is 6.46. The second-order valence-electron chi connectivity index (χ2n) is 4.15. The zero-order valence-corrected chi connectivity index (χ0v) is 12.0. The van der Waals surface area contributed by atoms with Gasteiger partial charge < -0.3 is 14.5 Å². The number of hydrogen-bond acceptors (Lipinski definition) is 3. The summed E-state index contributed by atoms with van der Waals surface area (Å²) in [6.07, 6.45) is 0.904. The molecule has 1 heterocycles. The first-order chi connectivity index (χ1) is 9.22. The first kappa shape index (κ1) is 13.8. The van der Waals surface area contributed by atoms with Crippen LogP contribution in [0.25, 0.3) is 0 Å². The van der Waals surface area contributed by atoms with Crippen LogP contribution in [0.1, 0.15) is 25.4 Å². The number of benzene rings is 1. The fourth-order valence-corrected chi connectivity index (χ4v) is 1.98. The Balaban J connectivity index is 2.07. The highest BCUT2D eigenvalue weighted by molar-refractivity contribution is 6.30. The minimum Gasteiger partial charge on any atom is -0.492 e. The molecule has 0 aliphatic rings. The van der Waals surface area contributed by atoms with Gasteiger partial charge in [0.15, 0.2) is 0 Å². The highest BCUT2D eigenvalue weighted by Crippen LogP contribution is 2.28. The van der Waals surface area contributed by atoms with E-state index in [0.29, 0.717) is 18.2 Å². The maximum atomic E-state index is 6.01. The predicted molar refractivity (Wildman–Crippen MR) is 78.0 cm³/mol. The Hall–Kier alpha value is -1.61. The Morgan fingerprint density at radius 1 is 1.16 bits per heavy atom. The number of halogens is 1.